The largest absolute Gasteiger partial charge is 0.496 e. The minimum absolute atomic E-state index is 0.951. The SMILES string of the molecule is CN=C(SC)c1c(C)cc(C)c(C)c1OC. The lowest BCUT2D eigenvalue weighted by Gasteiger charge is -2.16. The van der Waals surface area contributed by atoms with Gasteiger partial charge in [-0.1, -0.05) is 6.07 Å². The zero-order chi connectivity index (χ0) is 12.3. The van der Waals surface area contributed by atoms with Crippen molar-refractivity contribution in [1.82, 2.24) is 0 Å². The van der Waals surface area contributed by atoms with Crippen molar-refractivity contribution in [1.29, 1.82) is 0 Å². The third-order valence-corrected chi connectivity index (χ3v) is 3.57. The van der Waals surface area contributed by atoms with Crippen LogP contribution in [0.25, 0.3) is 0 Å². The summed E-state index contributed by atoms with van der Waals surface area (Å²) in [6.07, 6.45) is 2.04. The van der Waals surface area contributed by atoms with E-state index in [0.29, 0.717) is 0 Å². The van der Waals surface area contributed by atoms with E-state index in [1.54, 1.807) is 18.9 Å². The maximum Gasteiger partial charge on any atom is 0.132 e. The molecule has 0 aliphatic heterocycles. The first-order chi connectivity index (χ1) is 7.56. The quantitative estimate of drug-likeness (QED) is 0.581. The van der Waals surface area contributed by atoms with Gasteiger partial charge in [-0.3, -0.25) is 4.99 Å². The van der Waals surface area contributed by atoms with Crippen molar-refractivity contribution in [2.24, 2.45) is 4.99 Å². The summed E-state index contributed by atoms with van der Waals surface area (Å²) in [5.41, 5.74) is 4.79. The van der Waals surface area contributed by atoms with Crippen LogP contribution in [0.1, 0.15) is 22.3 Å². The van der Waals surface area contributed by atoms with Gasteiger partial charge >= 0.3 is 0 Å². The fraction of sp³-hybridized carbons (Fsp3) is 0.462. The Balaban J connectivity index is 3.54. The second kappa shape index (κ2) is 5.39. The Morgan fingerprint density at radius 3 is 2.31 bits per heavy atom. The third kappa shape index (κ3) is 2.24. The van der Waals surface area contributed by atoms with E-state index in [4.69, 9.17) is 4.74 Å². The van der Waals surface area contributed by atoms with E-state index < -0.39 is 0 Å². The van der Waals surface area contributed by atoms with Gasteiger partial charge in [-0.25, -0.2) is 0 Å². The number of ether oxygens (including phenoxy) is 1. The Hall–Kier alpha value is -0.960. The van der Waals surface area contributed by atoms with E-state index in [2.05, 4.69) is 31.8 Å². The smallest absolute Gasteiger partial charge is 0.132 e. The lowest BCUT2D eigenvalue weighted by Crippen LogP contribution is -2.05. The second-order valence-corrected chi connectivity index (χ2v) is 4.57. The molecular weight excluding hydrogens is 218 g/mol. The molecule has 0 aliphatic carbocycles. The number of benzene rings is 1. The van der Waals surface area contributed by atoms with Crippen molar-refractivity contribution in [3.05, 3.63) is 28.3 Å². The van der Waals surface area contributed by atoms with Crippen LogP contribution in [0.2, 0.25) is 0 Å². The van der Waals surface area contributed by atoms with Gasteiger partial charge in [-0.05, 0) is 43.7 Å². The number of hydrogen-bond acceptors (Lipinski definition) is 3. The van der Waals surface area contributed by atoms with E-state index in [1.807, 2.05) is 13.3 Å². The molecule has 1 aromatic carbocycles. The second-order valence-electron chi connectivity index (χ2n) is 3.78. The number of aliphatic imine (C=N–C) groups is 1. The molecule has 1 aromatic rings. The monoisotopic (exact) mass is 237 g/mol. The van der Waals surface area contributed by atoms with E-state index in [-0.39, 0.29) is 0 Å². The Morgan fingerprint density at radius 2 is 1.88 bits per heavy atom. The highest BCUT2D eigenvalue weighted by Crippen LogP contribution is 2.32. The van der Waals surface area contributed by atoms with E-state index in [0.717, 1.165) is 16.4 Å². The number of thioether (sulfide) groups is 1. The van der Waals surface area contributed by atoms with Crippen molar-refractivity contribution in [2.75, 3.05) is 20.4 Å². The van der Waals surface area contributed by atoms with Gasteiger partial charge < -0.3 is 4.74 Å². The highest BCUT2D eigenvalue weighted by atomic mass is 32.2. The molecule has 0 bridgehead atoms. The molecule has 0 saturated heterocycles. The number of hydrogen-bond donors (Lipinski definition) is 0. The third-order valence-electron chi connectivity index (χ3n) is 2.80. The van der Waals surface area contributed by atoms with Gasteiger partial charge in [0.25, 0.3) is 0 Å². The Bertz CT molecular complexity index is 424. The maximum atomic E-state index is 5.53. The van der Waals surface area contributed by atoms with Crippen LogP contribution in [0.15, 0.2) is 11.1 Å². The number of aryl methyl sites for hydroxylation is 2. The van der Waals surface area contributed by atoms with Crippen LogP contribution >= 0.6 is 11.8 Å². The zero-order valence-corrected chi connectivity index (χ0v) is 11.7. The van der Waals surface area contributed by atoms with Gasteiger partial charge in [0.1, 0.15) is 10.8 Å². The molecule has 0 radical (unpaired) electrons. The summed E-state index contributed by atoms with van der Waals surface area (Å²) in [6.45, 7) is 6.30. The van der Waals surface area contributed by atoms with Gasteiger partial charge in [0.15, 0.2) is 0 Å². The molecule has 0 spiro atoms. The molecule has 0 fully saturated rings. The van der Waals surface area contributed by atoms with Gasteiger partial charge in [-0.2, -0.15) is 0 Å². The first kappa shape index (κ1) is 13.1. The molecule has 3 heteroatoms. The summed E-state index contributed by atoms with van der Waals surface area (Å²) in [5, 5.41) is 1.03. The van der Waals surface area contributed by atoms with E-state index in [1.165, 1.54) is 16.7 Å². The van der Waals surface area contributed by atoms with Crippen molar-refractivity contribution >= 4 is 16.8 Å². The predicted molar refractivity (Wildman–Crippen MR) is 73.2 cm³/mol. The van der Waals surface area contributed by atoms with Crippen molar-refractivity contribution < 1.29 is 4.74 Å². The average Bonchev–Trinajstić information content (AvgIpc) is 2.27. The Kier molecular flexibility index (Phi) is 4.42. The van der Waals surface area contributed by atoms with E-state index in [9.17, 15) is 0 Å². The summed E-state index contributed by atoms with van der Waals surface area (Å²) in [7, 11) is 3.54. The zero-order valence-electron chi connectivity index (χ0n) is 10.8. The highest BCUT2D eigenvalue weighted by Gasteiger charge is 2.16. The summed E-state index contributed by atoms with van der Waals surface area (Å²) >= 11 is 1.65. The number of methoxy groups -OCH3 is 1. The van der Waals surface area contributed by atoms with Crippen LogP contribution in [-0.2, 0) is 0 Å². The molecule has 1 rings (SSSR count). The van der Waals surface area contributed by atoms with Crippen molar-refractivity contribution in [3.8, 4) is 5.75 Å². The summed E-state index contributed by atoms with van der Waals surface area (Å²) < 4.78 is 5.53. The molecule has 0 aliphatic rings. The minimum Gasteiger partial charge on any atom is -0.496 e. The fourth-order valence-corrected chi connectivity index (χ4v) is 2.52. The van der Waals surface area contributed by atoms with Crippen LogP contribution in [-0.4, -0.2) is 25.5 Å². The highest BCUT2D eigenvalue weighted by molar-refractivity contribution is 8.13. The van der Waals surface area contributed by atoms with Crippen LogP contribution in [0.4, 0.5) is 0 Å². The van der Waals surface area contributed by atoms with Crippen molar-refractivity contribution in [3.63, 3.8) is 0 Å². The molecule has 0 aromatic heterocycles. The first-order valence-electron chi connectivity index (χ1n) is 5.22. The summed E-state index contributed by atoms with van der Waals surface area (Å²) in [4.78, 5) is 4.32. The molecule has 0 unspecified atom stereocenters. The molecule has 16 heavy (non-hydrogen) atoms. The molecule has 2 nitrogen and oxygen atoms in total. The maximum absolute atomic E-state index is 5.53. The topological polar surface area (TPSA) is 21.6 Å². The van der Waals surface area contributed by atoms with Gasteiger partial charge in [0.05, 0.1) is 12.7 Å². The minimum atomic E-state index is 0.951. The van der Waals surface area contributed by atoms with Crippen LogP contribution < -0.4 is 4.74 Å². The van der Waals surface area contributed by atoms with Crippen LogP contribution in [0, 0.1) is 20.8 Å². The Labute approximate surface area is 102 Å². The normalized spacial score (nSPS) is 11.8. The van der Waals surface area contributed by atoms with Crippen LogP contribution in [0.5, 0.6) is 5.75 Å². The van der Waals surface area contributed by atoms with Gasteiger partial charge in [-0.15, -0.1) is 11.8 Å². The summed E-state index contributed by atoms with van der Waals surface area (Å²) in [5.74, 6) is 0.951. The van der Waals surface area contributed by atoms with Gasteiger partial charge in [0.2, 0.25) is 0 Å². The predicted octanol–water partition coefficient (Wildman–Crippen LogP) is 3.36. The lowest BCUT2D eigenvalue weighted by atomic mass is 9.99. The Morgan fingerprint density at radius 1 is 1.25 bits per heavy atom. The molecule has 0 heterocycles. The molecule has 0 N–H and O–H groups in total. The van der Waals surface area contributed by atoms with Crippen LogP contribution in [0.3, 0.4) is 0 Å². The molecular formula is C13H19NOS. The van der Waals surface area contributed by atoms with E-state index >= 15 is 0 Å². The first-order valence-corrected chi connectivity index (χ1v) is 6.45. The number of nitrogens with zero attached hydrogens (tertiary/aromatic N) is 1. The average molecular weight is 237 g/mol. The standard InChI is InChI=1S/C13H19NOS/c1-8-7-9(2)11(13(14-4)16-6)12(15-5)10(8)3/h7H,1-6H3. The van der Waals surface area contributed by atoms with Gasteiger partial charge in [0, 0.05) is 7.05 Å². The molecule has 0 amide bonds. The fourth-order valence-electron chi connectivity index (χ4n) is 1.88. The lowest BCUT2D eigenvalue weighted by molar-refractivity contribution is 0.410. The van der Waals surface area contributed by atoms with Crippen molar-refractivity contribution in [2.45, 2.75) is 20.8 Å². The summed E-state index contributed by atoms with van der Waals surface area (Å²) in [6, 6.07) is 2.19. The molecule has 88 valence electrons. The number of rotatable bonds is 2. The molecule has 0 atom stereocenters. The molecule has 0 saturated carbocycles.